The van der Waals surface area contributed by atoms with Crippen molar-refractivity contribution in [3.05, 3.63) is 77.2 Å². The smallest absolute Gasteiger partial charge is 0.135 e. The van der Waals surface area contributed by atoms with Crippen molar-refractivity contribution < 1.29 is 13.9 Å². The first kappa shape index (κ1) is 23.8. The number of aliphatic hydroxyl groups is 1. The van der Waals surface area contributed by atoms with Crippen molar-refractivity contribution in [2.75, 3.05) is 6.61 Å². The number of nitrogens with zero attached hydrogens (tertiary/aromatic N) is 6. The molecule has 3 heterocycles. The van der Waals surface area contributed by atoms with Crippen LogP contribution in [0.25, 0.3) is 22.6 Å². The van der Waals surface area contributed by atoms with Crippen LogP contribution in [0.3, 0.4) is 0 Å². The van der Waals surface area contributed by atoms with Gasteiger partial charge in [0.15, 0.2) is 0 Å². The summed E-state index contributed by atoms with van der Waals surface area (Å²) in [4.78, 5) is 5.06. The summed E-state index contributed by atoms with van der Waals surface area (Å²) < 4.78 is 30.8. The molecule has 1 aromatic carbocycles. The molecular formula is C28H28F2N6O. The summed E-state index contributed by atoms with van der Waals surface area (Å²) in [7, 11) is 0. The van der Waals surface area contributed by atoms with Crippen LogP contribution in [0.5, 0.6) is 0 Å². The summed E-state index contributed by atoms with van der Waals surface area (Å²) >= 11 is 0. The fraction of sp³-hybridized carbons (Fsp3) is 0.393. The van der Waals surface area contributed by atoms with Crippen LogP contribution in [0.4, 0.5) is 8.78 Å². The molecule has 1 fully saturated rings. The molecule has 2 aliphatic rings. The van der Waals surface area contributed by atoms with E-state index in [0.29, 0.717) is 17.9 Å². The number of pyridine rings is 1. The molecule has 7 nitrogen and oxygen atoms in total. The predicted molar refractivity (Wildman–Crippen MR) is 133 cm³/mol. The summed E-state index contributed by atoms with van der Waals surface area (Å²) in [5, 5.41) is 26.8. The minimum absolute atomic E-state index is 0.0697. The summed E-state index contributed by atoms with van der Waals surface area (Å²) in [6, 6.07) is 11.5. The number of hydrogen-bond donors (Lipinski definition) is 1. The third-order valence-corrected chi connectivity index (χ3v) is 8.40. The van der Waals surface area contributed by atoms with Crippen LogP contribution < -0.4 is 0 Å². The van der Waals surface area contributed by atoms with E-state index in [1.54, 1.807) is 4.68 Å². The average molecular weight is 503 g/mol. The zero-order chi connectivity index (χ0) is 25.9. The maximum Gasteiger partial charge on any atom is 0.135 e. The van der Waals surface area contributed by atoms with Gasteiger partial charge in [0.05, 0.1) is 40.0 Å². The first-order chi connectivity index (χ1) is 17.8. The molecule has 0 radical (unpaired) electrons. The van der Waals surface area contributed by atoms with Gasteiger partial charge in [-0.05, 0) is 66.0 Å². The van der Waals surface area contributed by atoms with Crippen molar-refractivity contribution in [1.82, 2.24) is 30.2 Å². The molecule has 3 aromatic heterocycles. The van der Waals surface area contributed by atoms with Crippen molar-refractivity contribution in [3.8, 4) is 22.6 Å². The van der Waals surface area contributed by atoms with Gasteiger partial charge in [-0.25, -0.2) is 8.78 Å². The maximum absolute atomic E-state index is 14.5. The molecule has 0 aliphatic heterocycles. The van der Waals surface area contributed by atoms with Gasteiger partial charge in [0.25, 0.3) is 0 Å². The predicted octanol–water partition coefficient (Wildman–Crippen LogP) is 4.91. The normalized spacial score (nSPS) is 22.3. The van der Waals surface area contributed by atoms with Crippen LogP contribution in [0, 0.1) is 23.0 Å². The van der Waals surface area contributed by atoms with Crippen molar-refractivity contribution in [1.29, 1.82) is 0 Å². The zero-order valence-corrected chi connectivity index (χ0v) is 21.0. The molecule has 0 saturated heterocycles. The lowest BCUT2D eigenvalue weighted by atomic mass is 9.66. The van der Waals surface area contributed by atoms with E-state index >= 15 is 0 Å². The summed E-state index contributed by atoms with van der Waals surface area (Å²) in [6.07, 6.45) is 3.62. The molecule has 2 bridgehead atoms. The van der Waals surface area contributed by atoms with E-state index in [1.807, 2.05) is 37.4 Å². The fourth-order valence-electron chi connectivity index (χ4n) is 6.45. The third kappa shape index (κ3) is 3.43. The molecule has 6 rings (SSSR count). The Hall–Kier alpha value is -3.59. The van der Waals surface area contributed by atoms with Gasteiger partial charge < -0.3 is 5.11 Å². The zero-order valence-electron chi connectivity index (χ0n) is 21.0. The summed E-state index contributed by atoms with van der Waals surface area (Å²) in [6.45, 7) is 7.03. The fourth-order valence-corrected chi connectivity index (χ4v) is 6.45. The first-order valence-corrected chi connectivity index (χ1v) is 12.6. The standard InChI is InChI=1S/C28H28F2N6O/c1-16(15-37)13-36-14-23(33-35-36)21-8-5-9-24(31-21)28-11-10-18(27(28,2)3)17-12-22(32-34-26(17)28)25-19(29)6-4-7-20(25)30/h4-9,12,14,16,18,37H,10-11,13,15H2,1-3H3/t16-,18+,28+/m1/s1. The molecule has 1 saturated carbocycles. The van der Waals surface area contributed by atoms with Crippen molar-refractivity contribution in [2.24, 2.45) is 11.3 Å². The molecule has 4 aromatic rings. The second-order valence-electron chi connectivity index (χ2n) is 10.9. The van der Waals surface area contributed by atoms with E-state index in [1.165, 1.54) is 18.2 Å². The monoisotopic (exact) mass is 502 g/mol. The highest BCUT2D eigenvalue weighted by molar-refractivity contribution is 5.64. The SMILES string of the molecule is C[C@@H](CO)Cn1cc(-c2cccc([C@@]34CC[C@@H](c5cc(-c6c(F)cccc6F)nnc53)C4(C)C)n2)nn1. The number of aliphatic hydroxyl groups excluding tert-OH is 1. The van der Waals surface area contributed by atoms with Crippen LogP contribution in [-0.2, 0) is 12.0 Å². The number of benzene rings is 1. The van der Waals surface area contributed by atoms with Crippen LogP contribution in [0.15, 0.2) is 48.7 Å². The molecular weight excluding hydrogens is 474 g/mol. The largest absolute Gasteiger partial charge is 0.396 e. The number of rotatable bonds is 6. The summed E-state index contributed by atoms with van der Waals surface area (Å²) in [5.74, 6) is -1.07. The minimum Gasteiger partial charge on any atom is -0.396 e. The highest BCUT2D eigenvalue weighted by Crippen LogP contribution is 2.69. The number of fused-ring (bicyclic) bond motifs is 5. The lowest BCUT2D eigenvalue weighted by Gasteiger charge is -2.37. The van der Waals surface area contributed by atoms with Gasteiger partial charge in [-0.1, -0.05) is 38.1 Å². The number of halogens is 2. The molecule has 37 heavy (non-hydrogen) atoms. The van der Waals surface area contributed by atoms with Gasteiger partial charge >= 0.3 is 0 Å². The molecule has 1 N–H and O–H groups in total. The highest BCUT2D eigenvalue weighted by Gasteiger charge is 2.65. The van der Waals surface area contributed by atoms with Crippen LogP contribution in [0.1, 0.15) is 56.5 Å². The topological polar surface area (TPSA) is 89.6 Å². The minimum atomic E-state index is -0.651. The Bertz CT molecular complexity index is 1480. The quantitative estimate of drug-likeness (QED) is 0.403. The van der Waals surface area contributed by atoms with E-state index in [-0.39, 0.29) is 35.1 Å². The van der Waals surface area contributed by atoms with E-state index in [2.05, 4.69) is 34.4 Å². The number of aromatic nitrogens is 6. The number of hydrogen-bond acceptors (Lipinski definition) is 6. The van der Waals surface area contributed by atoms with Crippen molar-refractivity contribution in [3.63, 3.8) is 0 Å². The maximum atomic E-state index is 14.5. The molecule has 190 valence electrons. The van der Waals surface area contributed by atoms with Crippen LogP contribution >= 0.6 is 0 Å². The Labute approximate surface area is 213 Å². The van der Waals surface area contributed by atoms with Crippen LogP contribution in [0.2, 0.25) is 0 Å². The van der Waals surface area contributed by atoms with Gasteiger partial charge in [-0.15, -0.1) is 10.2 Å². The van der Waals surface area contributed by atoms with E-state index in [0.717, 1.165) is 29.8 Å². The third-order valence-electron chi connectivity index (χ3n) is 8.40. The Morgan fingerprint density at radius 3 is 2.54 bits per heavy atom. The Morgan fingerprint density at radius 1 is 1.03 bits per heavy atom. The molecule has 3 atom stereocenters. The molecule has 9 heteroatoms. The molecule has 0 spiro atoms. The van der Waals surface area contributed by atoms with Crippen molar-refractivity contribution >= 4 is 0 Å². The van der Waals surface area contributed by atoms with Gasteiger partial charge in [-0.3, -0.25) is 9.67 Å². The Kier molecular flexibility index (Phi) is 5.45. The van der Waals surface area contributed by atoms with E-state index < -0.39 is 17.0 Å². The highest BCUT2D eigenvalue weighted by atomic mass is 19.1. The molecule has 0 amide bonds. The summed E-state index contributed by atoms with van der Waals surface area (Å²) in [5.41, 5.74) is 3.42. The average Bonchev–Trinajstić information content (AvgIpc) is 3.51. The van der Waals surface area contributed by atoms with Gasteiger partial charge in [0.2, 0.25) is 0 Å². The van der Waals surface area contributed by atoms with Gasteiger partial charge in [0, 0.05) is 13.2 Å². The Balaban J connectivity index is 1.43. The van der Waals surface area contributed by atoms with Gasteiger partial charge in [0.1, 0.15) is 17.3 Å². The second kappa shape index (κ2) is 8.48. The van der Waals surface area contributed by atoms with E-state index in [9.17, 15) is 13.9 Å². The molecule has 0 unspecified atom stereocenters. The first-order valence-electron chi connectivity index (χ1n) is 12.6. The molecule has 2 aliphatic carbocycles. The second-order valence-corrected chi connectivity index (χ2v) is 10.9. The van der Waals surface area contributed by atoms with Crippen molar-refractivity contribution in [2.45, 2.75) is 51.5 Å². The van der Waals surface area contributed by atoms with Crippen LogP contribution in [-0.4, -0.2) is 41.9 Å². The van der Waals surface area contributed by atoms with E-state index in [4.69, 9.17) is 4.98 Å². The van der Waals surface area contributed by atoms with Gasteiger partial charge in [-0.2, -0.15) is 5.10 Å². The Morgan fingerprint density at radius 2 is 1.78 bits per heavy atom. The lowest BCUT2D eigenvalue weighted by Crippen LogP contribution is -2.37. The lowest BCUT2D eigenvalue weighted by molar-refractivity contribution is 0.218.